The van der Waals surface area contributed by atoms with Crippen molar-refractivity contribution in [3.63, 3.8) is 0 Å². The molecule has 2 heterocycles. The van der Waals surface area contributed by atoms with Crippen molar-refractivity contribution < 1.29 is 16.8 Å². The van der Waals surface area contributed by atoms with E-state index in [1.807, 2.05) is 19.1 Å². The normalized spacial score (nSPS) is 12.5. The van der Waals surface area contributed by atoms with Crippen LogP contribution in [0.25, 0.3) is 9.75 Å². The Hall–Kier alpha value is -0.700. The Kier molecular flexibility index (Phi) is 12.3. The molecule has 0 amide bonds. The number of aryl methyl sites for hydroxylation is 2. The second kappa shape index (κ2) is 14.1. The summed E-state index contributed by atoms with van der Waals surface area (Å²) in [6.45, 7) is 8.05. The van der Waals surface area contributed by atoms with Crippen molar-refractivity contribution in [3.8, 4) is 9.75 Å². The number of rotatable bonds is 17. The van der Waals surface area contributed by atoms with Gasteiger partial charge in [-0.05, 0) is 38.8 Å². The van der Waals surface area contributed by atoms with E-state index in [4.69, 9.17) is 0 Å². The van der Waals surface area contributed by atoms with Gasteiger partial charge in [0.1, 0.15) is 4.90 Å². The Balaban J connectivity index is 2.32. The first-order valence-electron chi connectivity index (χ1n) is 12.8. The van der Waals surface area contributed by atoms with Crippen molar-refractivity contribution in [2.75, 3.05) is 11.5 Å². The molecule has 0 saturated heterocycles. The van der Waals surface area contributed by atoms with E-state index in [9.17, 15) is 16.8 Å². The third-order valence-corrected chi connectivity index (χ3v) is 12.6. The molecule has 0 atom stereocenters. The van der Waals surface area contributed by atoms with Gasteiger partial charge in [-0.25, -0.2) is 16.8 Å². The molecule has 0 N–H and O–H groups in total. The number of thiophene rings is 2. The van der Waals surface area contributed by atoms with Crippen molar-refractivity contribution in [2.45, 2.75) is 115 Å². The molecule has 2 rings (SSSR count). The zero-order valence-electron chi connectivity index (χ0n) is 21.3. The van der Waals surface area contributed by atoms with E-state index in [1.165, 1.54) is 35.5 Å². The van der Waals surface area contributed by atoms with Crippen LogP contribution >= 0.6 is 22.7 Å². The Morgan fingerprint density at radius 3 is 1.56 bits per heavy atom. The van der Waals surface area contributed by atoms with Gasteiger partial charge in [0.05, 0.1) is 21.3 Å². The fourth-order valence-corrected chi connectivity index (χ4v) is 11.3. The number of hydrogen-bond acceptors (Lipinski definition) is 6. The molecule has 0 saturated carbocycles. The summed E-state index contributed by atoms with van der Waals surface area (Å²) in [6.07, 6.45) is 11.8. The minimum absolute atomic E-state index is 0.00614. The lowest BCUT2D eigenvalue weighted by Crippen LogP contribution is -2.15. The van der Waals surface area contributed by atoms with Crippen LogP contribution in [0.5, 0.6) is 0 Å². The minimum atomic E-state index is -3.72. The molecule has 0 radical (unpaired) electrons. The highest BCUT2D eigenvalue weighted by Gasteiger charge is 2.34. The SMILES string of the molecule is CCCCCCCCS(=O)(=O)c1c(C)sc(-c2ccc(C)s2)c1S(=O)(=O)CCCCCCCC. The molecule has 0 bridgehead atoms. The summed E-state index contributed by atoms with van der Waals surface area (Å²) < 4.78 is 54.1. The summed E-state index contributed by atoms with van der Waals surface area (Å²) in [7, 11) is -7.40. The molecule has 0 aliphatic rings. The maximum atomic E-state index is 13.6. The highest BCUT2D eigenvalue weighted by Crippen LogP contribution is 2.45. The minimum Gasteiger partial charge on any atom is -0.224 e. The van der Waals surface area contributed by atoms with Gasteiger partial charge in [0.15, 0.2) is 19.7 Å². The molecule has 0 unspecified atom stereocenters. The van der Waals surface area contributed by atoms with E-state index in [2.05, 4.69) is 13.8 Å². The Bertz CT molecular complexity index is 1090. The number of unbranched alkanes of at least 4 members (excludes halogenated alkanes) is 10. The van der Waals surface area contributed by atoms with Crippen LogP contribution in [0.2, 0.25) is 0 Å². The first-order chi connectivity index (χ1) is 16.1. The van der Waals surface area contributed by atoms with Gasteiger partial charge in [-0.2, -0.15) is 0 Å². The maximum Gasteiger partial charge on any atom is 0.181 e. The van der Waals surface area contributed by atoms with Crippen molar-refractivity contribution in [1.82, 2.24) is 0 Å². The second-order valence-electron chi connectivity index (χ2n) is 9.23. The molecule has 0 fully saturated rings. The lowest BCUT2D eigenvalue weighted by molar-refractivity contribution is 0.572. The summed E-state index contributed by atoms with van der Waals surface area (Å²) in [5.74, 6) is 0.0192. The van der Waals surface area contributed by atoms with Gasteiger partial charge in [-0.3, -0.25) is 0 Å². The number of hydrogen-bond donors (Lipinski definition) is 0. The standard InChI is InChI=1S/C26H42O4S4/c1-5-7-9-11-13-15-19-33(27,28)25-22(4)32-24(23-18-17-21(3)31-23)26(25)34(29,30)20-16-14-12-10-8-6-2/h17-18H,5-16,19-20H2,1-4H3. The summed E-state index contributed by atoms with van der Waals surface area (Å²) in [5, 5.41) is 0. The summed E-state index contributed by atoms with van der Waals surface area (Å²) >= 11 is 2.84. The lowest BCUT2D eigenvalue weighted by Gasteiger charge is -2.11. The molecule has 0 aliphatic carbocycles. The van der Waals surface area contributed by atoms with Crippen LogP contribution < -0.4 is 0 Å². The maximum absolute atomic E-state index is 13.6. The van der Waals surface area contributed by atoms with Gasteiger partial charge < -0.3 is 0 Å². The van der Waals surface area contributed by atoms with Crippen LogP contribution in [0.15, 0.2) is 21.9 Å². The molecule has 194 valence electrons. The fourth-order valence-electron chi connectivity index (χ4n) is 4.22. The Morgan fingerprint density at radius 2 is 1.09 bits per heavy atom. The van der Waals surface area contributed by atoms with Gasteiger partial charge in [-0.15, -0.1) is 22.7 Å². The average Bonchev–Trinajstić information content (AvgIpc) is 3.36. The molecule has 2 aromatic rings. The van der Waals surface area contributed by atoms with E-state index >= 15 is 0 Å². The van der Waals surface area contributed by atoms with E-state index in [0.29, 0.717) is 22.6 Å². The quantitative estimate of drug-likeness (QED) is 0.187. The molecule has 34 heavy (non-hydrogen) atoms. The highest BCUT2D eigenvalue weighted by atomic mass is 32.2. The van der Waals surface area contributed by atoms with Crippen LogP contribution in [0.4, 0.5) is 0 Å². The first-order valence-corrected chi connectivity index (χ1v) is 17.7. The largest absolute Gasteiger partial charge is 0.224 e. The smallest absolute Gasteiger partial charge is 0.181 e. The predicted octanol–water partition coefficient (Wildman–Crippen LogP) is 8.36. The molecule has 2 aromatic heterocycles. The van der Waals surface area contributed by atoms with Crippen molar-refractivity contribution in [2.24, 2.45) is 0 Å². The monoisotopic (exact) mass is 546 g/mol. The third-order valence-electron chi connectivity index (χ3n) is 6.11. The molecular weight excluding hydrogens is 505 g/mol. The third kappa shape index (κ3) is 8.45. The molecule has 0 aromatic carbocycles. The van der Waals surface area contributed by atoms with Gasteiger partial charge >= 0.3 is 0 Å². The van der Waals surface area contributed by atoms with Gasteiger partial charge in [0.25, 0.3) is 0 Å². The average molecular weight is 547 g/mol. The zero-order valence-corrected chi connectivity index (χ0v) is 24.6. The Labute approximate surface area is 216 Å². The van der Waals surface area contributed by atoms with Crippen LogP contribution in [0.1, 0.15) is 101 Å². The van der Waals surface area contributed by atoms with E-state index in [-0.39, 0.29) is 21.3 Å². The summed E-state index contributed by atoms with van der Waals surface area (Å²) in [6, 6.07) is 3.88. The van der Waals surface area contributed by atoms with Gasteiger partial charge in [0, 0.05) is 14.6 Å². The van der Waals surface area contributed by atoms with Gasteiger partial charge in [0.2, 0.25) is 0 Å². The number of sulfone groups is 2. The van der Waals surface area contributed by atoms with Crippen LogP contribution in [-0.4, -0.2) is 28.3 Å². The van der Waals surface area contributed by atoms with Crippen molar-refractivity contribution in [3.05, 3.63) is 21.9 Å². The van der Waals surface area contributed by atoms with Crippen molar-refractivity contribution in [1.29, 1.82) is 0 Å². The lowest BCUT2D eigenvalue weighted by atomic mass is 10.1. The van der Waals surface area contributed by atoms with Crippen molar-refractivity contribution >= 4 is 42.3 Å². The summed E-state index contributed by atoms with van der Waals surface area (Å²) in [5.41, 5.74) is 0. The van der Waals surface area contributed by atoms with Crippen LogP contribution in [0.3, 0.4) is 0 Å². The topological polar surface area (TPSA) is 68.3 Å². The highest BCUT2D eigenvalue weighted by molar-refractivity contribution is 7.95. The van der Waals surface area contributed by atoms with E-state index in [0.717, 1.165) is 61.1 Å². The fraction of sp³-hybridized carbons (Fsp3) is 0.692. The zero-order chi connectivity index (χ0) is 25.2. The van der Waals surface area contributed by atoms with Gasteiger partial charge in [-0.1, -0.05) is 78.1 Å². The molecular formula is C26H42O4S4. The second-order valence-corrected chi connectivity index (χ2v) is 15.8. The Morgan fingerprint density at radius 1 is 0.618 bits per heavy atom. The predicted molar refractivity (Wildman–Crippen MR) is 148 cm³/mol. The molecule has 0 spiro atoms. The first kappa shape index (κ1) is 29.5. The van der Waals surface area contributed by atoms with E-state index < -0.39 is 19.7 Å². The summed E-state index contributed by atoms with van der Waals surface area (Å²) in [4.78, 5) is 3.25. The molecule has 4 nitrogen and oxygen atoms in total. The molecule has 0 aliphatic heterocycles. The van der Waals surface area contributed by atoms with Crippen LogP contribution in [-0.2, 0) is 19.7 Å². The van der Waals surface area contributed by atoms with E-state index in [1.54, 1.807) is 6.92 Å². The molecule has 8 heteroatoms. The van der Waals surface area contributed by atoms with Crippen LogP contribution in [0, 0.1) is 13.8 Å².